The highest BCUT2D eigenvalue weighted by molar-refractivity contribution is 6.24. The maximum atomic E-state index is 13.8. The van der Waals surface area contributed by atoms with E-state index in [0.29, 0.717) is 28.4 Å². The first-order valence-electron chi connectivity index (χ1n) is 12.5. The molecule has 0 unspecified atom stereocenters. The number of methoxy groups -OCH3 is 1. The minimum absolute atomic E-state index is 0.349. The molecule has 8 heteroatoms. The largest absolute Gasteiger partial charge is 0.497 e. The highest BCUT2D eigenvalue weighted by Gasteiger charge is 2.60. The SMILES string of the molecule is COc1ccc(N2C(=O)[C@H]3[C@H](ON(c4ccccc4)[C@@H]3c3ccc(OC(=O)c4ccccc4)cc3)C2=O)cc1. The van der Waals surface area contributed by atoms with Crippen molar-refractivity contribution in [2.75, 3.05) is 17.1 Å². The average Bonchev–Trinajstić information content (AvgIpc) is 3.50. The maximum Gasteiger partial charge on any atom is 0.343 e. The summed E-state index contributed by atoms with van der Waals surface area (Å²) in [5.41, 5.74) is 2.35. The van der Waals surface area contributed by atoms with Crippen LogP contribution >= 0.6 is 0 Å². The van der Waals surface area contributed by atoms with Crippen molar-refractivity contribution in [2.24, 2.45) is 5.92 Å². The van der Waals surface area contributed by atoms with E-state index in [1.54, 1.807) is 85.0 Å². The number of hydrogen-bond donors (Lipinski definition) is 0. The van der Waals surface area contributed by atoms with Crippen molar-refractivity contribution in [3.8, 4) is 11.5 Å². The van der Waals surface area contributed by atoms with Gasteiger partial charge in [-0.25, -0.2) is 14.8 Å². The number of anilines is 2. The standard InChI is InChI=1S/C31H24N2O6/c1-37-24-18-14-22(15-19-24)32-29(34)26-27(33(39-28(26)30(32)35)23-10-6-3-7-11-23)20-12-16-25(17-13-20)38-31(36)21-8-4-2-5-9-21/h2-19,26-28H,1H3/t26-,27-,28+/m1/s1. The van der Waals surface area contributed by atoms with Crippen LogP contribution in [0.15, 0.2) is 109 Å². The lowest BCUT2D eigenvalue weighted by Gasteiger charge is -2.28. The van der Waals surface area contributed by atoms with E-state index >= 15 is 0 Å². The predicted octanol–water partition coefficient (Wildman–Crippen LogP) is 4.97. The molecule has 2 aliphatic heterocycles. The Kier molecular flexibility index (Phi) is 6.30. The van der Waals surface area contributed by atoms with E-state index in [1.807, 2.05) is 36.4 Å². The topological polar surface area (TPSA) is 85.4 Å². The van der Waals surface area contributed by atoms with Gasteiger partial charge in [-0.05, 0) is 66.2 Å². The van der Waals surface area contributed by atoms with Crippen molar-refractivity contribution in [2.45, 2.75) is 12.1 Å². The van der Waals surface area contributed by atoms with Gasteiger partial charge in [-0.2, -0.15) is 0 Å². The normalized spacial score (nSPS) is 20.2. The van der Waals surface area contributed by atoms with Gasteiger partial charge in [0.1, 0.15) is 17.4 Å². The van der Waals surface area contributed by atoms with E-state index in [0.717, 1.165) is 5.56 Å². The molecule has 0 aliphatic carbocycles. The smallest absolute Gasteiger partial charge is 0.343 e. The fraction of sp³-hybridized carbons (Fsp3) is 0.129. The fourth-order valence-electron chi connectivity index (χ4n) is 5.01. The van der Waals surface area contributed by atoms with Gasteiger partial charge in [-0.3, -0.25) is 14.4 Å². The lowest BCUT2D eigenvalue weighted by Crippen LogP contribution is -2.37. The molecule has 3 atom stereocenters. The van der Waals surface area contributed by atoms with Gasteiger partial charge in [-0.1, -0.05) is 48.5 Å². The number of ether oxygens (including phenoxy) is 2. The zero-order chi connectivity index (χ0) is 26.9. The zero-order valence-electron chi connectivity index (χ0n) is 21.0. The molecular weight excluding hydrogens is 496 g/mol. The molecule has 0 aromatic heterocycles. The number of rotatable bonds is 6. The lowest BCUT2D eigenvalue weighted by molar-refractivity contribution is -0.126. The fourth-order valence-corrected chi connectivity index (χ4v) is 5.01. The second-order valence-electron chi connectivity index (χ2n) is 9.19. The molecule has 4 aromatic carbocycles. The van der Waals surface area contributed by atoms with Gasteiger partial charge >= 0.3 is 5.97 Å². The minimum atomic E-state index is -0.986. The van der Waals surface area contributed by atoms with E-state index in [1.165, 1.54) is 4.90 Å². The number of carbonyl (C=O) groups excluding carboxylic acids is 3. The summed E-state index contributed by atoms with van der Waals surface area (Å²) < 4.78 is 10.7. The van der Waals surface area contributed by atoms with Gasteiger partial charge in [0.2, 0.25) is 5.91 Å². The Morgan fingerprint density at radius 3 is 1.97 bits per heavy atom. The number of para-hydroxylation sites is 1. The molecular formula is C31H24N2O6. The Balaban J connectivity index is 1.32. The molecule has 0 bridgehead atoms. The van der Waals surface area contributed by atoms with E-state index < -0.39 is 29.9 Å². The Hall–Kier alpha value is -4.95. The summed E-state index contributed by atoms with van der Waals surface area (Å²) >= 11 is 0. The van der Waals surface area contributed by atoms with Gasteiger partial charge in [-0.15, -0.1) is 0 Å². The van der Waals surface area contributed by atoms with Crippen LogP contribution in [-0.4, -0.2) is 31.0 Å². The summed E-state index contributed by atoms with van der Waals surface area (Å²) in [6.07, 6.45) is -0.986. The van der Waals surface area contributed by atoms with Crippen LogP contribution in [-0.2, 0) is 14.4 Å². The predicted molar refractivity (Wildman–Crippen MR) is 143 cm³/mol. The first kappa shape index (κ1) is 24.4. The number of benzene rings is 4. The Bertz CT molecular complexity index is 1510. The molecule has 2 aliphatic rings. The number of imide groups is 1. The van der Waals surface area contributed by atoms with Crippen molar-refractivity contribution in [1.82, 2.24) is 0 Å². The summed E-state index contributed by atoms with van der Waals surface area (Å²) in [6.45, 7) is 0. The summed E-state index contributed by atoms with van der Waals surface area (Å²) in [7, 11) is 1.55. The van der Waals surface area contributed by atoms with Crippen molar-refractivity contribution in [3.63, 3.8) is 0 Å². The highest BCUT2D eigenvalue weighted by Crippen LogP contribution is 2.47. The molecule has 4 aromatic rings. The summed E-state index contributed by atoms with van der Waals surface area (Å²) in [5, 5.41) is 1.63. The summed E-state index contributed by atoms with van der Waals surface area (Å²) in [4.78, 5) is 47.1. The van der Waals surface area contributed by atoms with E-state index in [4.69, 9.17) is 14.3 Å². The molecule has 2 fully saturated rings. The number of fused-ring (bicyclic) bond motifs is 1. The molecule has 0 N–H and O–H groups in total. The van der Waals surface area contributed by atoms with Crippen molar-refractivity contribution < 1.29 is 28.7 Å². The van der Waals surface area contributed by atoms with Crippen LogP contribution in [0.2, 0.25) is 0 Å². The lowest BCUT2D eigenvalue weighted by atomic mass is 9.90. The third-order valence-corrected chi connectivity index (χ3v) is 6.90. The Labute approximate surface area is 224 Å². The maximum absolute atomic E-state index is 13.8. The third-order valence-electron chi connectivity index (χ3n) is 6.90. The Morgan fingerprint density at radius 2 is 1.33 bits per heavy atom. The monoisotopic (exact) mass is 520 g/mol. The number of hydrogen-bond acceptors (Lipinski definition) is 7. The second-order valence-corrected chi connectivity index (χ2v) is 9.19. The highest BCUT2D eigenvalue weighted by atomic mass is 16.7. The first-order chi connectivity index (χ1) is 19.0. The molecule has 2 heterocycles. The molecule has 6 rings (SSSR count). The van der Waals surface area contributed by atoms with Crippen molar-refractivity contribution in [1.29, 1.82) is 0 Å². The molecule has 0 radical (unpaired) electrons. The van der Waals surface area contributed by atoms with Crippen molar-refractivity contribution in [3.05, 3.63) is 120 Å². The van der Waals surface area contributed by atoms with E-state index in [9.17, 15) is 14.4 Å². The molecule has 194 valence electrons. The molecule has 2 saturated heterocycles. The summed E-state index contributed by atoms with van der Waals surface area (Å²) in [5.74, 6) is -1.04. The number of esters is 1. The van der Waals surface area contributed by atoms with Gasteiger partial charge in [0, 0.05) is 0 Å². The van der Waals surface area contributed by atoms with Crippen LogP contribution in [0, 0.1) is 5.92 Å². The first-order valence-corrected chi connectivity index (χ1v) is 12.5. The summed E-state index contributed by atoms with van der Waals surface area (Å²) in [6, 6.07) is 31.2. The van der Waals surface area contributed by atoms with Crippen molar-refractivity contribution >= 4 is 29.2 Å². The van der Waals surface area contributed by atoms with Crippen LogP contribution in [0.1, 0.15) is 22.0 Å². The third kappa shape index (κ3) is 4.41. The Morgan fingerprint density at radius 1 is 0.718 bits per heavy atom. The average molecular weight is 521 g/mol. The van der Waals surface area contributed by atoms with Gasteiger partial charge < -0.3 is 9.47 Å². The number of carbonyl (C=O) groups is 3. The van der Waals surface area contributed by atoms with Crippen LogP contribution < -0.4 is 19.4 Å². The van der Waals surface area contributed by atoms with Crippen LogP contribution in [0.4, 0.5) is 11.4 Å². The molecule has 0 saturated carbocycles. The number of hydroxylamine groups is 1. The van der Waals surface area contributed by atoms with Gasteiger partial charge in [0.25, 0.3) is 5.91 Å². The van der Waals surface area contributed by atoms with Gasteiger partial charge in [0.05, 0.1) is 30.1 Å². The molecule has 8 nitrogen and oxygen atoms in total. The molecule has 2 amide bonds. The van der Waals surface area contributed by atoms with E-state index in [-0.39, 0.29) is 5.91 Å². The zero-order valence-corrected chi connectivity index (χ0v) is 21.0. The van der Waals surface area contributed by atoms with Crippen LogP contribution in [0.3, 0.4) is 0 Å². The second kappa shape index (κ2) is 10.1. The number of nitrogens with zero attached hydrogens (tertiary/aromatic N) is 2. The number of amides is 2. The van der Waals surface area contributed by atoms with Gasteiger partial charge in [0.15, 0.2) is 6.10 Å². The van der Waals surface area contributed by atoms with Crippen LogP contribution in [0.25, 0.3) is 0 Å². The van der Waals surface area contributed by atoms with E-state index in [2.05, 4.69) is 0 Å². The molecule has 0 spiro atoms. The quantitative estimate of drug-likeness (QED) is 0.202. The van der Waals surface area contributed by atoms with Crippen LogP contribution in [0.5, 0.6) is 11.5 Å². The minimum Gasteiger partial charge on any atom is -0.497 e. The molecule has 39 heavy (non-hydrogen) atoms.